The van der Waals surface area contributed by atoms with Gasteiger partial charge in [0.1, 0.15) is 11.2 Å². The van der Waals surface area contributed by atoms with Crippen LogP contribution in [-0.4, -0.2) is 40.1 Å². The summed E-state index contributed by atoms with van der Waals surface area (Å²) < 4.78 is 10.1. The molecule has 0 aromatic heterocycles. The van der Waals surface area contributed by atoms with Gasteiger partial charge in [0.25, 0.3) is 0 Å². The SMILES string of the molecule is CCCC(NC(=O)OC(C)(C)C)(NC(=O)OC(C)(C)C)C(=O)O. The van der Waals surface area contributed by atoms with E-state index in [4.69, 9.17) is 9.47 Å². The molecule has 23 heavy (non-hydrogen) atoms. The van der Waals surface area contributed by atoms with Crippen molar-refractivity contribution in [3.05, 3.63) is 0 Å². The average molecular weight is 332 g/mol. The highest BCUT2D eigenvalue weighted by Crippen LogP contribution is 2.15. The van der Waals surface area contributed by atoms with Gasteiger partial charge in [-0.15, -0.1) is 0 Å². The first kappa shape index (κ1) is 21.0. The second-order valence-electron chi connectivity index (χ2n) is 7.21. The van der Waals surface area contributed by atoms with Crippen molar-refractivity contribution in [3.8, 4) is 0 Å². The minimum Gasteiger partial charge on any atom is -0.478 e. The van der Waals surface area contributed by atoms with Crippen LogP contribution in [0.15, 0.2) is 0 Å². The molecule has 0 saturated carbocycles. The van der Waals surface area contributed by atoms with Crippen molar-refractivity contribution in [3.63, 3.8) is 0 Å². The molecule has 0 radical (unpaired) electrons. The highest BCUT2D eigenvalue weighted by atomic mass is 16.6. The molecule has 0 aliphatic rings. The standard InChI is InChI=1S/C15H28N2O6/c1-8-9-15(10(18)19,16-11(20)22-13(2,3)4)17-12(21)23-14(5,6)7/h8-9H2,1-7H3,(H,16,20)(H,17,21)(H,18,19). The fourth-order valence-electron chi connectivity index (χ4n) is 1.70. The normalized spacial score (nSPS) is 12.3. The van der Waals surface area contributed by atoms with Gasteiger partial charge in [0.2, 0.25) is 5.66 Å². The third-order valence-electron chi connectivity index (χ3n) is 2.42. The van der Waals surface area contributed by atoms with E-state index in [1.807, 2.05) is 0 Å². The zero-order valence-electron chi connectivity index (χ0n) is 14.9. The van der Waals surface area contributed by atoms with E-state index in [1.54, 1.807) is 48.5 Å². The Bertz CT molecular complexity index is 418. The van der Waals surface area contributed by atoms with Crippen molar-refractivity contribution in [1.82, 2.24) is 10.6 Å². The first-order chi connectivity index (χ1) is 10.2. The number of nitrogens with one attached hydrogen (secondary N) is 2. The van der Waals surface area contributed by atoms with Crippen LogP contribution in [0.2, 0.25) is 0 Å². The molecule has 0 aliphatic heterocycles. The van der Waals surface area contributed by atoms with Crippen molar-refractivity contribution in [2.45, 2.75) is 78.2 Å². The molecule has 0 rings (SSSR count). The molecule has 0 saturated heterocycles. The Hall–Kier alpha value is -1.99. The summed E-state index contributed by atoms with van der Waals surface area (Å²) in [4.78, 5) is 35.5. The van der Waals surface area contributed by atoms with Crippen LogP contribution in [0.4, 0.5) is 9.59 Å². The summed E-state index contributed by atoms with van der Waals surface area (Å²) in [7, 11) is 0. The van der Waals surface area contributed by atoms with E-state index in [2.05, 4.69) is 10.6 Å². The lowest BCUT2D eigenvalue weighted by Gasteiger charge is -2.33. The molecule has 2 amide bonds. The summed E-state index contributed by atoms with van der Waals surface area (Å²) in [5.41, 5.74) is -3.60. The van der Waals surface area contributed by atoms with Crippen LogP contribution in [0.1, 0.15) is 61.3 Å². The van der Waals surface area contributed by atoms with E-state index in [1.165, 1.54) is 0 Å². The van der Waals surface area contributed by atoms with Gasteiger partial charge >= 0.3 is 18.2 Å². The second-order valence-corrected chi connectivity index (χ2v) is 7.21. The van der Waals surface area contributed by atoms with E-state index in [0.29, 0.717) is 6.42 Å². The van der Waals surface area contributed by atoms with E-state index >= 15 is 0 Å². The molecule has 134 valence electrons. The number of alkyl carbamates (subject to hydrolysis) is 2. The predicted octanol–water partition coefficient (Wildman–Crippen LogP) is 2.62. The van der Waals surface area contributed by atoms with Gasteiger partial charge in [-0.2, -0.15) is 0 Å². The van der Waals surface area contributed by atoms with Gasteiger partial charge in [0, 0.05) is 6.42 Å². The number of carboxylic acids is 1. The molecule has 0 aromatic rings. The lowest BCUT2D eigenvalue weighted by molar-refractivity contribution is -0.146. The maximum Gasteiger partial charge on any atom is 0.409 e. The van der Waals surface area contributed by atoms with Gasteiger partial charge in [0.05, 0.1) is 0 Å². The number of aliphatic carboxylic acids is 1. The number of amides is 2. The van der Waals surface area contributed by atoms with Gasteiger partial charge in [0.15, 0.2) is 0 Å². The first-order valence-electron chi connectivity index (χ1n) is 7.46. The Kier molecular flexibility index (Phi) is 6.87. The highest BCUT2D eigenvalue weighted by Gasteiger charge is 2.43. The molecule has 0 bridgehead atoms. The Morgan fingerprint density at radius 2 is 1.22 bits per heavy atom. The number of ether oxygens (including phenoxy) is 2. The van der Waals surface area contributed by atoms with E-state index in [-0.39, 0.29) is 6.42 Å². The average Bonchev–Trinajstić information content (AvgIpc) is 2.22. The lowest BCUT2D eigenvalue weighted by atomic mass is 10.0. The van der Waals surface area contributed by atoms with Crippen LogP contribution in [0.3, 0.4) is 0 Å². The lowest BCUT2D eigenvalue weighted by Crippen LogP contribution is -2.66. The molecule has 8 nitrogen and oxygen atoms in total. The zero-order chi connectivity index (χ0) is 18.5. The van der Waals surface area contributed by atoms with Crippen LogP contribution in [0, 0.1) is 0 Å². The highest BCUT2D eigenvalue weighted by molar-refractivity contribution is 5.88. The molecule has 0 unspecified atom stereocenters. The Morgan fingerprint density at radius 3 is 1.43 bits per heavy atom. The van der Waals surface area contributed by atoms with Crippen molar-refractivity contribution in [2.24, 2.45) is 0 Å². The zero-order valence-corrected chi connectivity index (χ0v) is 14.9. The number of carbonyl (C=O) groups excluding carboxylic acids is 2. The molecule has 0 aromatic carbocycles. The monoisotopic (exact) mass is 332 g/mol. The quantitative estimate of drug-likeness (QED) is 0.667. The number of hydrogen-bond donors (Lipinski definition) is 3. The molecule has 0 heterocycles. The van der Waals surface area contributed by atoms with Gasteiger partial charge in [-0.3, -0.25) is 10.6 Å². The van der Waals surface area contributed by atoms with Gasteiger partial charge in [-0.25, -0.2) is 14.4 Å². The van der Waals surface area contributed by atoms with E-state index in [0.717, 1.165) is 0 Å². The molecule has 8 heteroatoms. The summed E-state index contributed by atoms with van der Waals surface area (Å²) >= 11 is 0. The molecule has 3 N–H and O–H groups in total. The van der Waals surface area contributed by atoms with E-state index < -0.39 is 35.0 Å². The Labute approximate surface area is 136 Å². The largest absolute Gasteiger partial charge is 0.478 e. The minimum atomic E-state index is -2.00. The fourth-order valence-corrected chi connectivity index (χ4v) is 1.70. The van der Waals surface area contributed by atoms with Crippen molar-refractivity contribution in [2.75, 3.05) is 0 Å². The maximum absolute atomic E-state index is 11.9. The molecule has 0 spiro atoms. The van der Waals surface area contributed by atoms with Crippen LogP contribution in [0.5, 0.6) is 0 Å². The Balaban J connectivity index is 5.28. The maximum atomic E-state index is 11.9. The van der Waals surface area contributed by atoms with Crippen LogP contribution in [-0.2, 0) is 14.3 Å². The van der Waals surface area contributed by atoms with Crippen molar-refractivity contribution >= 4 is 18.2 Å². The second kappa shape index (κ2) is 7.52. The van der Waals surface area contributed by atoms with Crippen LogP contribution >= 0.6 is 0 Å². The van der Waals surface area contributed by atoms with Gasteiger partial charge in [-0.05, 0) is 41.5 Å². The first-order valence-corrected chi connectivity index (χ1v) is 7.46. The van der Waals surface area contributed by atoms with Crippen molar-refractivity contribution in [1.29, 1.82) is 0 Å². The van der Waals surface area contributed by atoms with Crippen LogP contribution < -0.4 is 10.6 Å². The predicted molar refractivity (Wildman–Crippen MR) is 84.0 cm³/mol. The summed E-state index contributed by atoms with van der Waals surface area (Å²) in [5, 5.41) is 14.0. The van der Waals surface area contributed by atoms with Gasteiger partial charge < -0.3 is 14.6 Å². The number of carbonyl (C=O) groups is 3. The smallest absolute Gasteiger partial charge is 0.409 e. The number of hydrogen-bond acceptors (Lipinski definition) is 5. The molecule has 0 aliphatic carbocycles. The van der Waals surface area contributed by atoms with Crippen LogP contribution in [0.25, 0.3) is 0 Å². The third kappa shape index (κ3) is 8.27. The van der Waals surface area contributed by atoms with Gasteiger partial charge in [-0.1, -0.05) is 13.3 Å². The summed E-state index contributed by atoms with van der Waals surface area (Å²) in [5.74, 6) is -1.41. The molecule has 0 atom stereocenters. The number of carboxylic acid groups (broad SMARTS) is 1. The fraction of sp³-hybridized carbons (Fsp3) is 0.800. The minimum absolute atomic E-state index is 0.0270. The Morgan fingerprint density at radius 1 is 0.870 bits per heavy atom. The molecule has 0 fully saturated rings. The van der Waals surface area contributed by atoms with E-state index in [9.17, 15) is 19.5 Å². The topological polar surface area (TPSA) is 114 Å². The summed E-state index contributed by atoms with van der Waals surface area (Å²) in [6.45, 7) is 11.6. The molecular weight excluding hydrogens is 304 g/mol. The summed E-state index contributed by atoms with van der Waals surface area (Å²) in [6, 6.07) is 0. The third-order valence-corrected chi connectivity index (χ3v) is 2.42. The number of rotatable bonds is 5. The molecular formula is C15H28N2O6. The van der Waals surface area contributed by atoms with Crippen molar-refractivity contribution < 1.29 is 29.0 Å². The summed E-state index contributed by atoms with van der Waals surface area (Å²) in [6.07, 6.45) is -1.51.